The summed E-state index contributed by atoms with van der Waals surface area (Å²) in [5, 5.41) is 9.13. The molecule has 2 nitrogen and oxygen atoms in total. The molecule has 0 saturated heterocycles. The van der Waals surface area contributed by atoms with Crippen molar-refractivity contribution < 1.29 is 0 Å². The van der Waals surface area contributed by atoms with Crippen molar-refractivity contribution in [1.82, 2.24) is 4.98 Å². The molecular weight excluding hydrogens is 276 g/mol. The Morgan fingerprint density at radius 3 is 2.53 bits per heavy atom. The molecule has 0 spiro atoms. The van der Waals surface area contributed by atoms with E-state index in [2.05, 4.69) is 27.0 Å². The lowest BCUT2D eigenvalue weighted by atomic mass is 10.1. The summed E-state index contributed by atoms with van der Waals surface area (Å²) in [4.78, 5) is 4.16. The van der Waals surface area contributed by atoms with Gasteiger partial charge in [0.1, 0.15) is 6.07 Å². The molecule has 2 aromatic rings. The van der Waals surface area contributed by atoms with Crippen molar-refractivity contribution in [2.75, 3.05) is 0 Å². The first-order valence-electron chi connectivity index (χ1n) is 5.08. The lowest BCUT2D eigenvalue weighted by molar-refractivity contribution is 1.28. The van der Waals surface area contributed by atoms with Gasteiger partial charge in [-0.3, -0.25) is 4.98 Å². The largest absolute Gasteiger partial charge is 0.256 e. The van der Waals surface area contributed by atoms with E-state index in [0.717, 1.165) is 10.0 Å². The first kappa shape index (κ1) is 11.6. The van der Waals surface area contributed by atoms with E-state index < -0.39 is 0 Å². The third kappa shape index (κ3) is 3.02. The van der Waals surface area contributed by atoms with E-state index in [4.69, 9.17) is 5.26 Å². The molecule has 2 rings (SSSR count). The molecule has 0 atom stereocenters. The van der Waals surface area contributed by atoms with Crippen LogP contribution in [-0.2, 0) is 0 Å². The normalized spacial score (nSPS) is 10.9. The molecule has 0 amide bonds. The number of nitrogens with zero attached hydrogens (tertiary/aromatic N) is 2. The summed E-state index contributed by atoms with van der Waals surface area (Å²) in [5.41, 5.74) is 2.24. The highest BCUT2D eigenvalue weighted by Crippen LogP contribution is 2.17. The number of benzene rings is 1. The second kappa shape index (κ2) is 5.42. The highest BCUT2D eigenvalue weighted by atomic mass is 79.9. The van der Waals surface area contributed by atoms with Crippen LogP contribution < -0.4 is 0 Å². The first-order valence-corrected chi connectivity index (χ1v) is 5.87. The maximum absolute atomic E-state index is 9.13. The van der Waals surface area contributed by atoms with E-state index in [1.165, 1.54) is 0 Å². The average Bonchev–Trinajstić information content (AvgIpc) is 2.39. The zero-order valence-corrected chi connectivity index (χ0v) is 10.6. The fourth-order valence-corrected chi connectivity index (χ4v) is 1.68. The van der Waals surface area contributed by atoms with Gasteiger partial charge in [0.25, 0.3) is 0 Å². The van der Waals surface area contributed by atoms with E-state index in [1.807, 2.05) is 48.5 Å². The molecule has 0 aliphatic rings. The van der Waals surface area contributed by atoms with Crippen LogP contribution in [0.3, 0.4) is 0 Å². The van der Waals surface area contributed by atoms with Crippen molar-refractivity contribution in [1.29, 1.82) is 5.26 Å². The number of allylic oxidation sites excluding steroid dienone is 1. The van der Waals surface area contributed by atoms with Gasteiger partial charge >= 0.3 is 0 Å². The molecule has 0 fully saturated rings. The Morgan fingerprint density at radius 2 is 1.94 bits per heavy atom. The van der Waals surface area contributed by atoms with E-state index in [9.17, 15) is 0 Å². The number of halogens is 1. The van der Waals surface area contributed by atoms with Crippen molar-refractivity contribution >= 4 is 27.6 Å². The van der Waals surface area contributed by atoms with Gasteiger partial charge in [-0.2, -0.15) is 5.26 Å². The van der Waals surface area contributed by atoms with E-state index in [-0.39, 0.29) is 0 Å². The van der Waals surface area contributed by atoms with E-state index >= 15 is 0 Å². The summed E-state index contributed by atoms with van der Waals surface area (Å²) >= 11 is 3.38. The predicted molar refractivity (Wildman–Crippen MR) is 71.9 cm³/mol. The second-order valence-corrected chi connectivity index (χ2v) is 4.35. The Bertz CT molecular complexity index is 565. The van der Waals surface area contributed by atoms with Crippen LogP contribution in [-0.4, -0.2) is 4.98 Å². The second-order valence-electron chi connectivity index (χ2n) is 3.44. The molecule has 0 aliphatic carbocycles. The molecule has 0 radical (unpaired) electrons. The Morgan fingerprint density at radius 1 is 1.18 bits per heavy atom. The Kier molecular flexibility index (Phi) is 3.69. The third-order valence-corrected chi connectivity index (χ3v) is 2.77. The molecule has 3 heteroatoms. The number of aromatic nitrogens is 1. The molecule has 17 heavy (non-hydrogen) atoms. The predicted octanol–water partition coefficient (Wildman–Crippen LogP) is 3.91. The zero-order valence-electron chi connectivity index (χ0n) is 8.97. The molecule has 1 aromatic carbocycles. The summed E-state index contributed by atoms with van der Waals surface area (Å²) in [6.45, 7) is 0. The van der Waals surface area contributed by atoms with Crippen LogP contribution in [0.25, 0.3) is 11.6 Å². The van der Waals surface area contributed by atoms with Gasteiger partial charge in [0.2, 0.25) is 0 Å². The fourth-order valence-electron chi connectivity index (χ4n) is 1.41. The number of rotatable bonds is 2. The van der Waals surface area contributed by atoms with Crippen molar-refractivity contribution in [3.8, 4) is 6.07 Å². The van der Waals surface area contributed by atoms with Gasteiger partial charge in [0, 0.05) is 10.7 Å². The van der Waals surface area contributed by atoms with Gasteiger partial charge in [-0.25, -0.2) is 0 Å². The number of nitriles is 1. The monoisotopic (exact) mass is 284 g/mol. The van der Waals surface area contributed by atoms with Gasteiger partial charge in [-0.05, 0) is 35.9 Å². The van der Waals surface area contributed by atoms with Gasteiger partial charge in [-0.1, -0.05) is 34.1 Å². The number of hydrogen-bond donors (Lipinski definition) is 0. The summed E-state index contributed by atoms with van der Waals surface area (Å²) in [5.74, 6) is 0. The van der Waals surface area contributed by atoms with Crippen LogP contribution in [0.2, 0.25) is 0 Å². The quantitative estimate of drug-likeness (QED) is 0.784. The summed E-state index contributed by atoms with van der Waals surface area (Å²) in [6, 6.07) is 15.5. The molecule has 1 heterocycles. The zero-order chi connectivity index (χ0) is 12.1. The van der Waals surface area contributed by atoms with Gasteiger partial charge in [-0.15, -0.1) is 0 Å². The molecule has 0 N–H and O–H groups in total. The van der Waals surface area contributed by atoms with E-state index in [1.54, 1.807) is 6.20 Å². The molecular formula is C14H9BrN2. The van der Waals surface area contributed by atoms with Gasteiger partial charge in [0.05, 0.1) is 11.3 Å². The lowest BCUT2D eigenvalue weighted by Gasteiger charge is -1.98. The van der Waals surface area contributed by atoms with Gasteiger partial charge < -0.3 is 0 Å². The number of hydrogen-bond acceptors (Lipinski definition) is 2. The third-order valence-electron chi connectivity index (χ3n) is 2.24. The minimum Gasteiger partial charge on any atom is -0.256 e. The molecule has 0 aliphatic heterocycles. The maximum Gasteiger partial charge on any atom is 0.101 e. The minimum absolute atomic E-state index is 0.563. The van der Waals surface area contributed by atoms with Crippen LogP contribution >= 0.6 is 15.9 Å². The molecule has 0 saturated carbocycles. The highest BCUT2D eigenvalue weighted by Gasteiger charge is 2.01. The maximum atomic E-state index is 9.13. The molecule has 0 bridgehead atoms. The Balaban J connectivity index is 2.37. The highest BCUT2D eigenvalue weighted by molar-refractivity contribution is 9.10. The average molecular weight is 285 g/mol. The van der Waals surface area contributed by atoms with Crippen molar-refractivity contribution in [3.05, 3.63) is 64.4 Å². The van der Waals surface area contributed by atoms with Crippen molar-refractivity contribution in [2.24, 2.45) is 0 Å². The summed E-state index contributed by atoms with van der Waals surface area (Å²) < 4.78 is 1.02. The van der Waals surface area contributed by atoms with Crippen LogP contribution in [0.5, 0.6) is 0 Å². The SMILES string of the molecule is N#C/C(=C\c1ccc(Br)cc1)c1ccccn1. The fraction of sp³-hybridized carbons (Fsp3) is 0. The Labute approximate surface area is 108 Å². The van der Waals surface area contributed by atoms with Crippen LogP contribution in [0.15, 0.2) is 53.1 Å². The van der Waals surface area contributed by atoms with Crippen LogP contribution in [0.1, 0.15) is 11.3 Å². The van der Waals surface area contributed by atoms with Crippen molar-refractivity contribution in [3.63, 3.8) is 0 Å². The summed E-state index contributed by atoms with van der Waals surface area (Å²) in [7, 11) is 0. The lowest BCUT2D eigenvalue weighted by Crippen LogP contribution is -1.85. The first-order chi connectivity index (χ1) is 8.29. The van der Waals surface area contributed by atoms with Crippen LogP contribution in [0, 0.1) is 11.3 Å². The topological polar surface area (TPSA) is 36.7 Å². The molecule has 82 valence electrons. The van der Waals surface area contributed by atoms with Crippen LogP contribution in [0.4, 0.5) is 0 Å². The van der Waals surface area contributed by atoms with Gasteiger partial charge in [0.15, 0.2) is 0 Å². The van der Waals surface area contributed by atoms with Crippen molar-refractivity contribution in [2.45, 2.75) is 0 Å². The van der Waals surface area contributed by atoms with E-state index in [0.29, 0.717) is 11.3 Å². The molecule has 1 aromatic heterocycles. The standard InChI is InChI=1S/C14H9BrN2/c15-13-6-4-11(5-7-13)9-12(10-16)14-3-1-2-8-17-14/h1-9H/b12-9+. The Hall–Kier alpha value is -1.92. The molecule has 0 unspecified atom stereocenters. The smallest absolute Gasteiger partial charge is 0.101 e. The minimum atomic E-state index is 0.563. The summed E-state index contributed by atoms with van der Waals surface area (Å²) in [6.07, 6.45) is 3.51. The number of pyridine rings is 1.